The van der Waals surface area contributed by atoms with Gasteiger partial charge in [0.25, 0.3) is 0 Å². The molecule has 0 spiro atoms. The second kappa shape index (κ2) is 15.4. The zero-order valence-electron chi connectivity index (χ0n) is 19.7. The van der Waals surface area contributed by atoms with Crippen molar-refractivity contribution in [3.63, 3.8) is 0 Å². The van der Waals surface area contributed by atoms with Gasteiger partial charge in [-0.1, -0.05) is 14.9 Å². The Kier molecular flexibility index (Phi) is 14.3. The van der Waals surface area contributed by atoms with E-state index in [0.29, 0.717) is 0 Å². The van der Waals surface area contributed by atoms with Crippen LogP contribution in [0.5, 0.6) is 0 Å². The molecule has 0 aromatic rings. The average Bonchev–Trinajstić information content (AvgIpc) is 2.87. The molecule has 0 radical (unpaired) electrons. The van der Waals surface area contributed by atoms with Gasteiger partial charge in [0.05, 0.1) is 19.8 Å². The van der Waals surface area contributed by atoms with Crippen LogP contribution in [0, 0.1) is 0 Å². The van der Waals surface area contributed by atoms with Crippen molar-refractivity contribution >= 4 is 0 Å². The molecule has 0 aliphatic carbocycles. The van der Waals surface area contributed by atoms with E-state index in [1.165, 1.54) is 14.2 Å². The Hall–Kier alpha value is -0.640. The summed E-state index contributed by atoms with van der Waals surface area (Å²) in [7, 11) is 2.56. The number of aliphatic hydroxyl groups excluding tert-OH is 9. The summed E-state index contributed by atoms with van der Waals surface area (Å²) in [5, 5.41) is 91.0. The molecule has 0 amide bonds. The van der Waals surface area contributed by atoms with Crippen LogP contribution in [0.3, 0.4) is 0 Å². The van der Waals surface area contributed by atoms with Gasteiger partial charge in [-0.3, -0.25) is 0 Å². The third-order valence-corrected chi connectivity index (χ3v) is 6.42. The highest BCUT2D eigenvalue weighted by Crippen LogP contribution is 2.27. The molecule has 15 atom stereocenters. The van der Waals surface area contributed by atoms with Gasteiger partial charge in [0.15, 0.2) is 18.9 Å². The number of aliphatic hydroxyl groups is 9. The maximum absolute atomic E-state index is 10.3. The van der Waals surface area contributed by atoms with Crippen LogP contribution in [-0.2, 0) is 33.2 Å². The monoisotopic (exact) mass is 564 g/mol. The van der Waals surface area contributed by atoms with Crippen LogP contribution in [0.1, 0.15) is 14.9 Å². The average molecular weight is 565 g/mol. The Bertz CT molecular complexity index is 671. The van der Waals surface area contributed by atoms with Gasteiger partial charge >= 0.3 is 0 Å². The minimum absolute atomic E-state index is 0. The third-order valence-electron chi connectivity index (χ3n) is 6.42. The van der Waals surface area contributed by atoms with Crippen LogP contribution in [0.4, 0.5) is 0 Å². The molecule has 9 N–H and O–H groups in total. The maximum atomic E-state index is 10.3. The normalized spacial score (nSPS) is 47.6. The first kappa shape index (κ1) is 35.4. The molecule has 228 valence electrons. The zero-order valence-corrected chi connectivity index (χ0v) is 19.7. The topological polar surface area (TPSA) is 247 Å². The number of ether oxygens (including phenoxy) is 7. The van der Waals surface area contributed by atoms with Crippen molar-refractivity contribution in [2.45, 2.75) is 107 Å². The van der Waals surface area contributed by atoms with E-state index in [1.807, 2.05) is 0 Å². The van der Waals surface area contributed by atoms with Crippen molar-refractivity contribution in [2.24, 2.45) is 0 Å². The Morgan fingerprint density at radius 3 is 1.11 bits per heavy atom. The summed E-state index contributed by atoms with van der Waals surface area (Å²) in [4.78, 5) is 0. The smallest absolute Gasteiger partial charge is 0.186 e. The molecule has 0 saturated carbocycles. The molecule has 15 unspecified atom stereocenters. The Balaban J connectivity index is 0.00000361. The van der Waals surface area contributed by atoms with Gasteiger partial charge in [-0.05, 0) is 0 Å². The van der Waals surface area contributed by atoms with E-state index >= 15 is 0 Å². The van der Waals surface area contributed by atoms with Gasteiger partial charge in [-0.25, -0.2) is 0 Å². The first-order valence-corrected chi connectivity index (χ1v) is 11.4. The van der Waals surface area contributed by atoms with E-state index in [1.54, 1.807) is 0 Å². The Morgan fingerprint density at radius 2 is 0.763 bits per heavy atom. The van der Waals surface area contributed by atoms with Crippen molar-refractivity contribution in [3.8, 4) is 0 Å². The summed E-state index contributed by atoms with van der Waals surface area (Å²) in [5.74, 6) is 0. The van der Waals surface area contributed by atoms with Gasteiger partial charge in [-0.15, -0.1) is 0 Å². The summed E-state index contributed by atoms with van der Waals surface area (Å²) in [6, 6.07) is 0. The Morgan fingerprint density at radius 1 is 0.447 bits per heavy atom. The van der Waals surface area contributed by atoms with Gasteiger partial charge in [0, 0.05) is 14.2 Å². The number of hydrogen-bond donors (Lipinski definition) is 9. The van der Waals surface area contributed by atoms with E-state index in [9.17, 15) is 46.0 Å². The fourth-order valence-electron chi connectivity index (χ4n) is 4.18. The second-order valence-corrected chi connectivity index (χ2v) is 8.90. The predicted octanol–water partition coefficient (Wildman–Crippen LogP) is -4.99. The van der Waals surface area contributed by atoms with Gasteiger partial charge < -0.3 is 79.1 Å². The van der Waals surface area contributed by atoms with Crippen LogP contribution in [-0.4, -0.2) is 172 Å². The first-order valence-electron chi connectivity index (χ1n) is 11.4. The van der Waals surface area contributed by atoms with Crippen LogP contribution in [0.25, 0.3) is 0 Å². The van der Waals surface area contributed by atoms with E-state index in [0.717, 1.165) is 0 Å². The number of methoxy groups -OCH3 is 2. The highest BCUT2D eigenvalue weighted by molar-refractivity contribution is 4.93. The lowest BCUT2D eigenvalue weighted by Crippen LogP contribution is -2.62. The van der Waals surface area contributed by atoms with Gasteiger partial charge in [-0.2, -0.15) is 0 Å². The van der Waals surface area contributed by atoms with Crippen molar-refractivity contribution in [1.82, 2.24) is 0 Å². The summed E-state index contributed by atoms with van der Waals surface area (Å²) >= 11 is 0. The molecule has 3 heterocycles. The fraction of sp³-hybridized carbons (Fsp3) is 1.00. The molecular weight excluding hydrogens is 520 g/mol. The van der Waals surface area contributed by atoms with Crippen molar-refractivity contribution in [2.75, 3.05) is 34.0 Å². The summed E-state index contributed by atoms with van der Waals surface area (Å²) in [6.45, 7) is -1.09. The quantitative estimate of drug-likeness (QED) is 0.127. The zero-order chi connectivity index (χ0) is 26.7. The fourth-order valence-corrected chi connectivity index (χ4v) is 4.18. The van der Waals surface area contributed by atoms with Gasteiger partial charge in [0.2, 0.25) is 0 Å². The lowest BCUT2D eigenvalue weighted by molar-refractivity contribution is -0.341. The minimum Gasteiger partial charge on any atom is -0.387 e. The van der Waals surface area contributed by atoms with Crippen molar-refractivity contribution in [1.29, 1.82) is 0 Å². The lowest BCUT2D eigenvalue weighted by atomic mass is 9.98. The molecule has 3 saturated heterocycles. The number of rotatable bonds is 9. The highest BCUT2D eigenvalue weighted by atomic mass is 16.7. The molecule has 16 nitrogen and oxygen atoms in total. The van der Waals surface area contributed by atoms with E-state index in [2.05, 4.69) is 0 Å². The second-order valence-electron chi connectivity index (χ2n) is 8.90. The lowest BCUT2D eigenvalue weighted by Gasteiger charge is -2.43. The minimum atomic E-state index is -1.75. The SMILES string of the molecule is C.C.COCC1OC(OCC2OC(OCC3OC(OC)C(O)C(O)C3O)C(O)C(O)C2O)C(O)C(O)C1O. The van der Waals surface area contributed by atoms with Crippen LogP contribution < -0.4 is 0 Å². The van der Waals surface area contributed by atoms with Crippen LogP contribution in [0.2, 0.25) is 0 Å². The molecule has 3 aliphatic heterocycles. The van der Waals surface area contributed by atoms with Crippen LogP contribution in [0.15, 0.2) is 0 Å². The highest BCUT2D eigenvalue weighted by Gasteiger charge is 2.49. The standard InChI is InChI=1S/C20H36O16.2CH4/c1-30-3-6-9(21)13(25)16(28)19(35-6)33-5-8-11(23)14(26)17(29)20(36-8)32-4-7-10(22)12(24)15(27)18(31-2)34-7;;/h6-29H,3-5H2,1-2H3;2*1H4. The summed E-state index contributed by atoms with van der Waals surface area (Å²) < 4.78 is 36.9. The molecular formula is C22H44O16. The predicted molar refractivity (Wildman–Crippen MR) is 124 cm³/mol. The van der Waals surface area contributed by atoms with Crippen LogP contribution >= 0.6 is 0 Å². The molecule has 0 aromatic heterocycles. The summed E-state index contributed by atoms with van der Waals surface area (Å²) in [6.07, 6.45) is -22.4. The molecule has 3 rings (SSSR count). The molecule has 16 heteroatoms. The van der Waals surface area contributed by atoms with E-state index in [-0.39, 0.29) is 21.5 Å². The Labute approximate surface area is 220 Å². The number of hydrogen-bond acceptors (Lipinski definition) is 16. The molecule has 0 aromatic carbocycles. The van der Waals surface area contributed by atoms with Crippen molar-refractivity contribution < 1.29 is 79.1 Å². The van der Waals surface area contributed by atoms with E-state index in [4.69, 9.17) is 33.2 Å². The molecule has 3 fully saturated rings. The third kappa shape index (κ3) is 7.55. The first-order chi connectivity index (χ1) is 17.0. The van der Waals surface area contributed by atoms with Gasteiger partial charge in [0.1, 0.15) is 73.2 Å². The molecule has 0 bridgehead atoms. The maximum Gasteiger partial charge on any atom is 0.186 e. The van der Waals surface area contributed by atoms with E-state index < -0.39 is 105 Å². The summed E-state index contributed by atoms with van der Waals surface area (Å²) in [5.41, 5.74) is 0. The molecule has 3 aliphatic rings. The molecule has 38 heavy (non-hydrogen) atoms. The largest absolute Gasteiger partial charge is 0.387 e. The van der Waals surface area contributed by atoms with Crippen molar-refractivity contribution in [3.05, 3.63) is 0 Å².